The number of halogens is 2. The Morgan fingerprint density at radius 3 is 2.80 bits per heavy atom. The molecule has 20 heavy (non-hydrogen) atoms. The van der Waals surface area contributed by atoms with E-state index in [-0.39, 0.29) is 16.4 Å². The van der Waals surface area contributed by atoms with Gasteiger partial charge in [0.1, 0.15) is 11.5 Å². The molecular weight excluding hydrogens is 305 g/mol. The highest BCUT2D eigenvalue weighted by molar-refractivity contribution is 7.99. The van der Waals surface area contributed by atoms with E-state index in [2.05, 4.69) is 10.2 Å². The van der Waals surface area contributed by atoms with E-state index in [1.54, 1.807) is 0 Å². The highest BCUT2D eigenvalue weighted by Crippen LogP contribution is 2.30. The van der Waals surface area contributed by atoms with Gasteiger partial charge in [-0.25, -0.2) is 4.39 Å². The lowest BCUT2D eigenvalue weighted by atomic mass is 10.2. The molecule has 2 rings (SSSR count). The second-order valence-electron chi connectivity index (χ2n) is 4.42. The number of benzene rings is 1. The zero-order chi connectivity index (χ0) is 14.5. The van der Waals surface area contributed by atoms with Crippen LogP contribution >= 0.6 is 23.4 Å². The van der Waals surface area contributed by atoms with Crippen molar-refractivity contribution in [2.45, 2.75) is 0 Å². The van der Waals surface area contributed by atoms with Crippen molar-refractivity contribution >= 4 is 34.7 Å². The first-order valence-corrected chi connectivity index (χ1v) is 7.78. The van der Waals surface area contributed by atoms with Gasteiger partial charge in [-0.2, -0.15) is 11.8 Å². The van der Waals surface area contributed by atoms with Crippen molar-refractivity contribution in [1.29, 1.82) is 0 Å². The molecule has 8 heteroatoms. The van der Waals surface area contributed by atoms with Gasteiger partial charge in [-0.15, -0.1) is 0 Å². The molecule has 1 aliphatic rings. The van der Waals surface area contributed by atoms with Gasteiger partial charge < -0.3 is 5.32 Å². The molecule has 1 aromatic carbocycles. The molecule has 0 aliphatic carbocycles. The molecule has 1 aromatic rings. The van der Waals surface area contributed by atoms with Crippen molar-refractivity contribution in [2.24, 2.45) is 0 Å². The highest BCUT2D eigenvalue weighted by Gasteiger charge is 2.18. The number of nitro benzene ring substituents is 1. The Kier molecular flexibility index (Phi) is 5.45. The maximum atomic E-state index is 13.3. The lowest BCUT2D eigenvalue weighted by molar-refractivity contribution is -0.384. The molecular formula is C12H15ClFN3O2S. The molecule has 0 radical (unpaired) electrons. The summed E-state index contributed by atoms with van der Waals surface area (Å²) in [5.74, 6) is 1.45. The van der Waals surface area contributed by atoms with Gasteiger partial charge in [0.2, 0.25) is 0 Å². The third-order valence-electron chi connectivity index (χ3n) is 3.08. The van der Waals surface area contributed by atoms with Crippen LogP contribution in [0.15, 0.2) is 12.1 Å². The van der Waals surface area contributed by atoms with E-state index in [1.165, 1.54) is 6.07 Å². The van der Waals surface area contributed by atoms with Gasteiger partial charge in [0.15, 0.2) is 0 Å². The smallest absolute Gasteiger partial charge is 0.295 e. The molecule has 1 aliphatic heterocycles. The van der Waals surface area contributed by atoms with Crippen molar-refractivity contribution in [3.8, 4) is 0 Å². The molecule has 0 aromatic heterocycles. The quantitative estimate of drug-likeness (QED) is 0.668. The summed E-state index contributed by atoms with van der Waals surface area (Å²) in [7, 11) is 0. The maximum Gasteiger partial charge on any atom is 0.295 e. The lowest BCUT2D eigenvalue weighted by Gasteiger charge is -2.26. The van der Waals surface area contributed by atoms with Gasteiger partial charge in [-0.3, -0.25) is 15.0 Å². The van der Waals surface area contributed by atoms with Gasteiger partial charge in [0, 0.05) is 37.7 Å². The Morgan fingerprint density at radius 1 is 1.45 bits per heavy atom. The molecule has 0 amide bonds. The fourth-order valence-corrected chi connectivity index (χ4v) is 3.14. The summed E-state index contributed by atoms with van der Waals surface area (Å²) in [4.78, 5) is 12.6. The minimum absolute atomic E-state index is 0.118. The van der Waals surface area contributed by atoms with Crippen LogP contribution in [-0.2, 0) is 0 Å². The third-order valence-corrected chi connectivity index (χ3v) is 4.31. The molecule has 0 saturated carbocycles. The van der Waals surface area contributed by atoms with Gasteiger partial charge in [0.05, 0.1) is 16.0 Å². The van der Waals surface area contributed by atoms with Crippen molar-refractivity contribution < 1.29 is 9.31 Å². The third kappa shape index (κ3) is 3.97. The molecule has 0 bridgehead atoms. The van der Waals surface area contributed by atoms with E-state index in [4.69, 9.17) is 11.6 Å². The first-order chi connectivity index (χ1) is 9.58. The van der Waals surface area contributed by atoms with E-state index in [9.17, 15) is 14.5 Å². The van der Waals surface area contributed by atoms with Crippen molar-refractivity contribution in [1.82, 2.24) is 4.90 Å². The Morgan fingerprint density at radius 2 is 2.15 bits per heavy atom. The zero-order valence-electron chi connectivity index (χ0n) is 10.8. The lowest BCUT2D eigenvalue weighted by Crippen LogP contribution is -2.36. The summed E-state index contributed by atoms with van der Waals surface area (Å²) in [6.07, 6.45) is 0. The fourth-order valence-electron chi connectivity index (χ4n) is 2.00. The summed E-state index contributed by atoms with van der Waals surface area (Å²) in [6.45, 7) is 3.41. The molecule has 1 fully saturated rings. The maximum absolute atomic E-state index is 13.3. The molecule has 0 atom stereocenters. The number of nitrogens with one attached hydrogen (secondary N) is 1. The molecule has 0 spiro atoms. The average Bonchev–Trinajstić information content (AvgIpc) is 2.43. The summed E-state index contributed by atoms with van der Waals surface area (Å²) in [5, 5.41) is 13.7. The van der Waals surface area contributed by atoms with Crippen LogP contribution in [0.2, 0.25) is 5.02 Å². The minimum atomic E-state index is -0.781. The first-order valence-electron chi connectivity index (χ1n) is 6.25. The van der Waals surface area contributed by atoms with Gasteiger partial charge in [-0.05, 0) is 6.07 Å². The van der Waals surface area contributed by atoms with Crippen LogP contribution in [0.5, 0.6) is 0 Å². The Labute approximate surface area is 125 Å². The molecule has 1 heterocycles. The van der Waals surface area contributed by atoms with E-state index in [0.717, 1.165) is 37.2 Å². The predicted octanol–water partition coefficient (Wildman–Crippen LogP) is 2.85. The summed E-state index contributed by atoms with van der Waals surface area (Å²) in [6, 6.07) is 2.11. The summed E-state index contributed by atoms with van der Waals surface area (Å²) in [5.41, 5.74) is -0.0334. The number of thioether (sulfide) groups is 1. The van der Waals surface area contributed by atoms with Crippen molar-refractivity contribution in [2.75, 3.05) is 43.0 Å². The normalized spacial score (nSPS) is 16.1. The molecule has 1 N–H and O–H groups in total. The SMILES string of the molecule is O=[N+]([O-])c1cc(F)c(Cl)cc1NCCN1CCSCC1. The van der Waals surface area contributed by atoms with Crippen LogP contribution in [0.25, 0.3) is 0 Å². The Balaban J connectivity index is 1.97. The van der Waals surface area contributed by atoms with Crippen LogP contribution in [0.4, 0.5) is 15.8 Å². The van der Waals surface area contributed by atoms with Gasteiger partial charge in [-0.1, -0.05) is 11.6 Å². The Hall–Kier alpha value is -1.05. The topological polar surface area (TPSA) is 58.4 Å². The van der Waals surface area contributed by atoms with Crippen molar-refractivity contribution in [3.05, 3.63) is 33.1 Å². The van der Waals surface area contributed by atoms with Crippen LogP contribution in [0.3, 0.4) is 0 Å². The highest BCUT2D eigenvalue weighted by atomic mass is 35.5. The minimum Gasteiger partial charge on any atom is -0.378 e. The number of anilines is 1. The second kappa shape index (κ2) is 7.10. The summed E-state index contributed by atoms with van der Waals surface area (Å²) < 4.78 is 13.3. The summed E-state index contributed by atoms with van der Waals surface area (Å²) >= 11 is 7.60. The van der Waals surface area contributed by atoms with Crippen LogP contribution in [0, 0.1) is 15.9 Å². The Bertz CT molecular complexity index is 498. The van der Waals surface area contributed by atoms with E-state index in [1.807, 2.05) is 11.8 Å². The monoisotopic (exact) mass is 319 g/mol. The zero-order valence-corrected chi connectivity index (χ0v) is 12.3. The van der Waals surface area contributed by atoms with Crippen LogP contribution < -0.4 is 5.32 Å². The van der Waals surface area contributed by atoms with Crippen LogP contribution in [0.1, 0.15) is 0 Å². The number of nitrogens with zero attached hydrogens (tertiary/aromatic N) is 2. The standard InChI is InChI=1S/C12H15ClFN3O2S/c13-9-7-11(12(17(18)19)8-10(9)14)15-1-2-16-3-5-20-6-4-16/h7-8,15H,1-6H2. The molecule has 1 saturated heterocycles. The van der Waals surface area contributed by atoms with Crippen molar-refractivity contribution in [3.63, 3.8) is 0 Å². The number of rotatable bonds is 5. The number of hydrogen-bond donors (Lipinski definition) is 1. The van der Waals surface area contributed by atoms with Crippen LogP contribution in [-0.4, -0.2) is 47.5 Å². The largest absolute Gasteiger partial charge is 0.378 e. The van der Waals surface area contributed by atoms with E-state index >= 15 is 0 Å². The molecule has 110 valence electrons. The van der Waals surface area contributed by atoms with Gasteiger partial charge >= 0.3 is 0 Å². The number of hydrogen-bond acceptors (Lipinski definition) is 5. The second-order valence-corrected chi connectivity index (χ2v) is 6.05. The average molecular weight is 320 g/mol. The molecule has 0 unspecified atom stereocenters. The van der Waals surface area contributed by atoms with E-state index in [0.29, 0.717) is 6.54 Å². The fraction of sp³-hybridized carbons (Fsp3) is 0.500. The van der Waals surface area contributed by atoms with Gasteiger partial charge in [0.25, 0.3) is 5.69 Å². The predicted molar refractivity (Wildman–Crippen MR) is 80.3 cm³/mol. The van der Waals surface area contributed by atoms with E-state index < -0.39 is 10.7 Å². The molecule has 5 nitrogen and oxygen atoms in total. The first kappa shape index (κ1) is 15.3. The number of nitro groups is 1.